The van der Waals surface area contributed by atoms with Crippen LogP contribution in [0.1, 0.15) is 66.9 Å². The van der Waals surface area contributed by atoms with Crippen molar-refractivity contribution in [2.45, 2.75) is 51.7 Å². The van der Waals surface area contributed by atoms with Crippen LogP contribution < -0.4 is 10.6 Å². The van der Waals surface area contributed by atoms with E-state index < -0.39 is 11.6 Å². The van der Waals surface area contributed by atoms with Crippen molar-refractivity contribution in [3.8, 4) is 22.6 Å². The zero-order chi connectivity index (χ0) is 28.9. The number of aryl methyl sites for hydroxylation is 1. The second-order valence-electron chi connectivity index (χ2n) is 11.6. The van der Waals surface area contributed by atoms with Gasteiger partial charge in [0.15, 0.2) is 11.5 Å². The van der Waals surface area contributed by atoms with Crippen molar-refractivity contribution in [3.05, 3.63) is 77.3 Å². The van der Waals surface area contributed by atoms with Gasteiger partial charge < -0.3 is 20.1 Å². The Morgan fingerprint density at radius 2 is 1.93 bits per heavy atom. The normalized spacial score (nSPS) is 15.5. The number of pyridine rings is 1. The molecule has 4 aromatic heterocycles. The SMILES string of the molecule is Cc1cc(-c2ncnc3[nH]c(-c4ccc(C5(F)CNC5)cn4)cc23)ccc1[C@@H](C)NC(=O)c1nc(C(C)(C)C)no1. The predicted octanol–water partition coefficient (Wildman–Crippen LogP) is 4.93. The summed E-state index contributed by atoms with van der Waals surface area (Å²) >= 11 is 0. The van der Waals surface area contributed by atoms with Gasteiger partial charge in [-0.05, 0) is 43.2 Å². The molecular weight excluding hydrogens is 523 g/mol. The second kappa shape index (κ2) is 9.84. The van der Waals surface area contributed by atoms with Crippen LogP contribution in [0.4, 0.5) is 4.39 Å². The number of aromatic nitrogens is 6. The Morgan fingerprint density at radius 3 is 2.56 bits per heavy atom. The van der Waals surface area contributed by atoms with Crippen molar-refractivity contribution >= 4 is 16.9 Å². The second-order valence-corrected chi connectivity index (χ2v) is 11.6. The minimum atomic E-state index is -1.35. The Morgan fingerprint density at radius 1 is 1.12 bits per heavy atom. The van der Waals surface area contributed by atoms with E-state index in [-0.39, 0.29) is 17.3 Å². The fourth-order valence-electron chi connectivity index (χ4n) is 4.94. The molecule has 1 aromatic carbocycles. The third-order valence-corrected chi connectivity index (χ3v) is 7.44. The molecular formula is C30H31FN8O2. The fourth-order valence-corrected chi connectivity index (χ4v) is 4.94. The molecule has 1 amide bonds. The predicted molar refractivity (Wildman–Crippen MR) is 152 cm³/mol. The lowest BCUT2D eigenvalue weighted by Gasteiger charge is -2.35. The van der Waals surface area contributed by atoms with Crippen LogP contribution in [0.5, 0.6) is 0 Å². The largest absolute Gasteiger partial charge is 0.341 e. The Balaban J connectivity index is 1.23. The van der Waals surface area contributed by atoms with E-state index in [0.717, 1.165) is 33.5 Å². The number of carbonyl (C=O) groups is 1. The molecule has 0 unspecified atom stereocenters. The number of H-pyrrole nitrogens is 1. The molecule has 41 heavy (non-hydrogen) atoms. The molecule has 210 valence electrons. The topological polar surface area (TPSA) is 135 Å². The number of benzene rings is 1. The van der Waals surface area contributed by atoms with Crippen molar-refractivity contribution < 1.29 is 13.7 Å². The van der Waals surface area contributed by atoms with Crippen LogP contribution in [-0.4, -0.2) is 49.1 Å². The number of halogens is 1. The van der Waals surface area contributed by atoms with E-state index in [4.69, 9.17) is 4.52 Å². The summed E-state index contributed by atoms with van der Waals surface area (Å²) in [7, 11) is 0. The summed E-state index contributed by atoms with van der Waals surface area (Å²) in [5.74, 6) is -0.00263. The Kier molecular flexibility index (Phi) is 6.41. The zero-order valence-electron chi connectivity index (χ0n) is 23.5. The molecule has 0 spiro atoms. The molecule has 0 bridgehead atoms. The van der Waals surface area contributed by atoms with E-state index in [9.17, 15) is 9.18 Å². The van der Waals surface area contributed by atoms with Crippen molar-refractivity contribution in [1.82, 2.24) is 40.7 Å². The van der Waals surface area contributed by atoms with Crippen LogP contribution in [0.3, 0.4) is 0 Å². The van der Waals surface area contributed by atoms with Gasteiger partial charge in [-0.2, -0.15) is 4.98 Å². The van der Waals surface area contributed by atoms with Crippen LogP contribution in [0.25, 0.3) is 33.7 Å². The number of carbonyl (C=O) groups excluding carboxylic acids is 1. The monoisotopic (exact) mass is 554 g/mol. The highest BCUT2D eigenvalue weighted by atomic mass is 19.1. The van der Waals surface area contributed by atoms with Crippen molar-refractivity contribution in [2.75, 3.05) is 13.1 Å². The Bertz CT molecular complexity index is 1750. The molecule has 11 heteroatoms. The molecule has 0 aliphatic carbocycles. The van der Waals surface area contributed by atoms with E-state index in [1.807, 2.05) is 65.0 Å². The summed E-state index contributed by atoms with van der Waals surface area (Å²) in [6, 6.07) is 11.3. The van der Waals surface area contributed by atoms with E-state index in [0.29, 0.717) is 35.8 Å². The first-order valence-electron chi connectivity index (χ1n) is 13.5. The standard InChI is InChI=1S/C30H31FN8O2/c1-16-10-18(6-8-20(16)17(2)36-26(40)27-38-28(39-41-27)29(3,4)5)24-21-11-23(37-25(21)35-15-34-24)22-9-7-19(12-33-22)30(31)13-32-14-30/h6-12,15,17,32H,13-14H2,1-5H3,(H,36,40)(H,34,35,37)/t17-/m1/s1. The maximum absolute atomic E-state index is 14.7. The number of nitrogens with one attached hydrogen (secondary N) is 3. The number of fused-ring (bicyclic) bond motifs is 1. The molecule has 1 saturated heterocycles. The number of nitrogens with zero attached hydrogens (tertiary/aromatic N) is 5. The molecule has 6 rings (SSSR count). The quantitative estimate of drug-likeness (QED) is 0.269. The zero-order valence-corrected chi connectivity index (χ0v) is 23.5. The van der Waals surface area contributed by atoms with Gasteiger partial charge in [0, 0.05) is 41.2 Å². The van der Waals surface area contributed by atoms with Crippen LogP contribution in [-0.2, 0) is 11.1 Å². The highest BCUT2D eigenvalue weighted by Gasteiger charge is 2.39. The lowest BCUT2D eigenvalue weighted by molar-refractivity contribution is 0.0886. The van der Waals surface area contributed by atoms with Gasteiger partial charge in [-0.1, -0.05) is 44.1 Å². The third kappa shape index (κ3) is 4.97. The van der Waals surface area contributed by atoms with Crippen LogP contribution >= 0.6 is 0 Å². The first-order valence-corrected chi connectivity index (χ1v) is 13.5. The summed E-state index contributed by atoms with van der Waals surface area (Å²) in [6.45, 7) is 10.4. The third-order valence-electron chi connectivity index (χ3n) is 7.44. The van der Waals surface area contributed by atoms with Gasteiger partial charge in [0.25, 0.3) is 0 Å². The van der Waals surface area contributed by atoms with E-state index in [1.54, 1.807) is 12.3 Å². The molecule has 1 fully saturated rings. The molecule has 0 saturated carbocycles. The Labute approximate surface area is 236 Å². The van der Waals surface area contributed by atoms with Gasteiger partial charge in [0.2, 0.25) is 0 Å². The number of hydrogen-bond donors (Lipinski definition) is 3. The van der Waals surface area contributed by atoms with Crippen LogP contribution in [0, 0.1) is 6.92 Å². The molecule has 1 atom stereocenters. The number of amides is 1. The molecule has 5 aromatic rings. The number of aromatic amines is 1. The molecule has 5 heterocycles. The van der Waals surface area contributed by atoms with Crippen LogP contribution in [0.2, 0.25) is 0 Å². The van der Waals surface area contributed by atoms with Gasteiger partial charge in [0.1, 0.15) is 12.0 Å². The summed E-state index contributed by atoms with van der Waals surface area (Å²) in [4.78, 5) is 33.8. The summed E-state index contributed by atoms with van der Waals surface area (Å²) in [5, 5.41) is 10.7. The fraction of sp³-hybridized carbons (Fsp3) is 0.333. The van der Waals surface area contributed by atoms with Crippen molar-refractivity contribution in [3.63, 3.8) is 0 Å². The first-order chi connectivity index (χ1) is 19.5. The highest BCUT2D eigenvalue weighted by Crippen LogP contribution is 2.33. The van der Waals surface area contributed by atoms with E-state index in [1.165, 1.54) is 6.33 Å². The van der Waals surface area contributed by atoms with Crippen molar-refractivity contribution in [2.24, 2.45) is 0 Å². The van der Waals surface area contributed by atoms with Gasteiger partial charge in [-0.15, -0.1) is 0 Å². The van der Waals surface area contributed by atoms with Gasteiger partial charge in [-0.25, -0.2) is 14.4 Å². The average molecular weight is 555 g/mol. The van der Waals surface area contributed by atoms with E-state index >= 15 is 0 Å². The smallest absolute Gasteiger partial charge is 0.315 e. The molecule has 1 aliphatic heterocycles. The average Bonchev–Trinajstić information content (AvgIpc) is 3.60. The minimum absolute atomic E-state index is 0.0592. The lowest BCUT2D eigenvalue weighted by atomic mass is 9.91. The van der Waals surface area contributed by atoms with Crippen molar-refractivity contribution in [1.29, 1.82) is 0 Å². The molecule has 1 aliphatic rings. The van der Waals surface area contributed by atoms with E-state index in [2.05, 4.69) is 40.7 Å². The number of hydrogen-bond acceptors (Lipinski definition) is 8. The maximum atomic E-state index is 14.7. The molecule has 10 nitrogen and oxygen atoms in total. The highest BCUT2D eigenvalue weighted by molar-refractivity contribution is 5.94. The van der Waals surface area contributed by atoms with Gasteiger partial charge in [-0.3, -0.25) is 9.78 Å². The number of alkyl halides is 1. The molecule has 3 N–H and O–H groups in total. The maximum Gasteiger partial charge on any atom is 0.315 e. The molecule has 0 radical (unpaired) electrons. The Hall–Kier alpha value is -4.51. The first kappa shape index (κ1) is 26.7. The lowest BCUT2D eigenvalue weighted by Crippen LogP contribution is -2.53. The van der Waals surface area contributed by atoms with Crippen LogP contribution in [0.15, 0.2) is 53.4 Å². The number of rotatable bonds is 6. The summed E-state index contributed by atoms with van der Waals surface area (Å²) in [5.41, 5.74) is 4.67. The van der Waals surface area contributed by atoms with Gasteiger partial charge in [0.05, 0.1) is 23.1 Å². The van der Waals surface area contributed by atoms with Gasteiger partial charge >= 0.3 is 11.8 Å². The minimum Gasteiger partial charge on any atom is -0.341 e. The summed E-state index contributed by atoms with van der Waals surface area (Å²) < 4.78 is 19.9. The summed E-state index contributed by atoms with van der Waals surface area (Å²) in [6.07, 6.45) is 3.12.